The van der Waals surface area contributed by atoms with E-state index in [1.165, 1.54) is 28.5 Å². The van der Waals surface area contributed by atoms with E-state index in [-0.39, 0.29) is 11.4 Å². The van der Waals surface area contributed by atoms with E-state index in [0.717, 1.165) is 0 Å². The van der Waals surface area contributed by atoms with Crippen LogP contribution in [0.25, 0.3) is 5.69 Å². The van der Waals surface area contributed by atoms with Crippen LogP contribution in [0, 0.1) is 11.3 Å². The molecule has 0 fully saturated rings. The third-order valence-corrected chi connectivity index (χ3v) is 2.84. The molecule has 0 saturated carbocycles. The molecule has 0 atom stereocenters. The van der Waals surface area contributed by atoms with Crippen molar-refractivity contribution in [2.24, 2.45) is 12.8 Å². The fourth-order valence-corrected chi connectivity index (χ4v) is 1.96. The smallest absolute Gasteiger partial charge is 0.358 e. The molecule has 3 N–H and O–H groups in total. The monoisotopic (exact) mass is 271 g/mol. The van der Waals surface area contributed by atoms with E-state index in [1.54, 1.807) is 18.2 Å². The third-order valence-electron chi connectivity index (χ3n) is 2.84. The number of hydrogen-bond acceptors (Lipinski definition) is 3. The van der Waals surface area contributed by atoms with Gasteiger partial charge in [-0.15, -0.1) is 9.36 Å². The van der Waals surface area contributed by atoms with Crippen LogP contribution < -0.4 is 10.4 Å². The number of nitrogens with two attached hydrogens (primary N) is 1. The minimum atomic E-state index is -1.20. The van der Waals surface area contributed by atoms with Crippen molar-refractivity contribution in [3.63, 3.8) is 0 Å². The fraction of sp³-hybridized carbons (Fsp3) is 0.0769. The molecular weight excluding hydrogens is 260 g/mol. The van der Waals surface area contributed by atoms with Gasteiger partial charge in [-0.1, -0.05) is 6.07 Å². The average molecular weight is 271 g/mol. The molecule has 1 aromatic heterocycles. The second-order valence-electron chi connectivity index (χ2n) is 4.08. The van der Waals surface area contributed by atoms with Gasteiger partial charge in [-0.25, -0.2) is 4.79 Å². The first-order valence-electron chi connectivity index (χ1n) is 5.61. The van der Waals surface area contributed by atoms with Gasteiger partial charge in [0.25, 0.3) is 5.69 Å². The van der Waals surface area contributed by atoms with Crippen molar-refractivity contribution in [2.75, 3.05) is 0 Å². The maximum absolute atomic E-state index is 11.3. The van der Waals surface area contributed by atoms with Crippen LogP contribution in [0.15, 0.2) is 30.3 Å². The molecule has 100 valence electrons. The van der Waals surface area contributed by atoms with Gasteiger partial charge in [0.2, 0.25) is 0 Å². The first kappa shape index (κ1) is 13.3. The predicted molar refractivity (Wildman–Crippen MR) is 67.1 cm³/mol. The number of nitriles is 1. The highest BCUT2D eigenvalue weighted by Gasteiger charge is 2.28. The molecule has 1 aromatic carbocycles. The van der Waals surface area contributed by atoms with Crippen LogP contribution in [-0.4, -0.2) is 21.7 Å². The number of amides is 1. The summed E-state index contributed by atoms with van der Waals surface area (Å²) < 4.78 is 2.64. The van der Waals surface area contributed by atoms with Gasteiger partial charge in [-0.05, 0) is 18.2 Å². The Balaban J connectivity index is 2.75. The van der Waals surface area contributed by atoms with Crippen LogP contribution in [0.4, 0.5) is 0 Å². The lowest BCUT2D eigenvalue weighted by molar-refractivity contribution is -0.745. The number of benzene rings is 1. The topological polar surface area (TPSA) is 113 Å². The Hall–Kier alpha value is -3.14. The molecule has 0 radical (unpaired) electrons. The largest absolute Gasteiger partial charge is 0.476 e. The number of rotatable bonds is 3. The number of nitrogens with zero attached hydrogens (tertiary/aromatic N) is 3. The van der Waals surface area contributed by atoms with Crippen LogP contribution in [0.2, 0.25) is 0 Å². The zero-order valence-electron chi connectivity index (χ0n) is 10.6. The molecule has 20 heavy (non-hydrogen) atoms. The van der Waals surface area contributed by atoms with Gasteiger partial charge in [-0.3, -0.25) is 4.79 Å². The number of primary amides is 1. The zero-order chi connectivity index (χ0) is 14.9. The van der Waals surface area contributed by atoms with Crippen LogP contribution in [-0.2, 0) is 7.05 Å². The Morgan fingerprint density at radius 1 is 1.40 bits per heavy atom. The second kappa shape index (κ2) is 4.85. The number of aromatic nitrogens is 2. The summed E-state index contributed by atoms with van der Waals surface area (Å²) in [5.41, 5.74) is 6.00. The maximum Gasteiger partial charge on any atom is 0.358 e. The van der Waals surface area contributed by atoms with Crippen molar-refractivity contribution in [1.82, 2.24) is 4.68 Å². The lowest BCUT2D eigenvalue weighted by Gasteiger charge is -2.03. The molecule has 0 aliphatic heterocycles. The first-order valence-corrected chi connectivity index (χ1v) is 5.61. The van der Waals surface area contributed by atoms with Gasteiger partial charge in [-0.2, -0.15) is 5.26 Å². The molecule has 7 heteroatoms. The highest BCUT2D eigenvalue weighted by atomic mass is 16.4. The Bertz CT molecular complexity index is 755. The maximum atomic E-state index is 11.3. The van der Waals surface area contributed by atoms with Crippen LogP contribution >= 0.6 is 0 Å². The summed E-state index contributed by atoms with van der Waals surface area (Å²) in [6, 6.07) is 9.56. The fourth-order valence-electron chi connectivity index (χ4n) is 1.96. The van der Waals surface area contributed by atoms with Crippen LogP contribution in [0.3, 0.4) is 0 Å². The minimum Gasteiger partial charge on any atom is -0.476 e. The summed E-state index contributed by atoms with van der Waals surface area (Å²) >= 11 is 0. The molecule has 1 heterocycles. The van der Waals surface area contributed by atoms with Crippen molar-refractivity contribution >= 4 is 11.9 Å². The van der Waals surface area contributed by atoms with Gasteiger partial charge in [0.15, 0.2) is 12.7 Å². The summed E-state index contributed by atoms with van der Waals surface area (Å²) in [4.78, 5) is 22.6. The van der Waals surface area contributed by atoms with Crippen molar-refractivity contribution < 1.29 is 19.4 Å². The minimum absolute atomic E-state index is 0.0600. The van der Waals surface area contributed by atoms with Gasteiger partial charge in [0.05, 0.1) is 17.7 Å². The number of carboxylic acid groups (broad SMARTS) is 1. The standard InChI is InChI=1S/C13H10N4O3/c1-16-10(12(15)18)6-11(13(19)20)17(16)9-4-2-3-8(5-9)7-14/h2-6H,1H3,(H2-,15,18,19,20)/p+1. The molecule has 0 unspecified atom stereocenters. The summed E-state index contributed by atoms with van der Waals surface area (Å²) in [6.07, 6.45) is 0. The summed E-state index contributed by atoms with van der Waals surface area (Å²) in [6.45, 7) is 0. The third kappa shape index (κ3) is 2.10. The molecule has 1 amide bonds. The van der Waals surface area contributed by atoms with Crippen molar-refractivity contribution in [2.45, 2.75) is 0 Å². The number of carbonyl (C=O) groups excluding carboxylic acids is 1. The Labute approximate surface area is 114 Å². The van der Waals surface area contributed by atoms with Crippen LogP contribution in [0.1, 0.15) is 26.5 Å². The molecule has 0 aliphatic carbocycles. The van der Waals surface area contributed by atoms with Crippen molar-refractivity contribution in [3.05, 3.63) is 47.3 Å². The molecule has 0 aliphatic rings. The molecular formula is C13H11N4O3+. The van der Waals surface area contributed by atoms with E-state index in [9.17, 15) is 14.7 Å². The van der Waals surface area contributed by atoms with Crippen LogP contribution in [0.5, 0.6) is 0 Å². The van der Waals surface area contributed by atoms with Gasteiger partial charge in [0, 0.05) is 0 Å². The molecule has 2 rings (SSSR count). The van der Waals surface area contributed by atoms with Gasteiger partial charge in [0.1, 0.15) is 5.69 Å². The van der Waals surface area contributed by atoms with E-state index in [2.05, 4.69) is 0 Å². The molecule has 0 saturated heterocycles. The van der Waals surface area contributed by atoms with E-state index in [4.69, 9.17) is 11.0 Å². The van der Waals surface area contributed by atoms with E-state index in [1.807, 2.05) is 6.07 Å². The number of aromatic carboxylic acids is 1. The summed E-state index contributed by atoms with van der Waals surface area (Å²) in [5.74, 6) is -1.93. The number of hydrogen-bond donors (Lipinski definition) is 2. The Morgan fingerprint density at radius 3 is 2.65 bits per heavy atom. The number of carbonyl (C=O) groups is 2. The SMILES string of the molecule is C[n+]1c(C(N)=O)cc(C(=O)O)n1-c1cccc(C#N)c1. The normalized spacial score (nSPS) is 10.0. The lowest BCUT2D eigenvalue weighted by Crippen LogP contribution is -2.45. The summed E-state index contributed by atoms with van der Waals surface area (Å²) in [5, 5.41) is 18.1. The van der Waals surface area contributed by atoms with E-state index in [0.29, 0.717) is 11.3 Å². The molecule has 7 nitrogen and oxygen atoms in total. The Morgan fingerprint density at radius 2 is 2.10 bits per heavy atom. The molecule has 0 spiro atoms. The predicted octanol–water partition coefficient (Wildman–Crippen LogP) is -0.0294. The molecule has 2 aromatic rings. The second-order valence-corrected chi connectivity index (χ2v) is 4.08. The highest BCUT2D eigenvalue weighted by Crippen LogP contribution is 2.13. The van der Waals surface area contributed by atoms with Gasteiger partial charge >= 0.3 is 11.9 Å². The van der Waals surface area contributed by atoms with E-state index >= 15 is 0 Å². The van der Waals surface area contributed by atoms with Crippen molar-refractivity contribution in [1.29, 1.82) is 5.26 Å². The summed E-state index contributed by atoms with van der Waals surface area (Å²) in [7, 11) is 1.52. The first-order chi connectivity index (χ1) is 9.45. The zero-order valence-corrected chi connectivity index (χ0v) is 10.6. The Kier molecular flexibility index (Phi) is 3.23. The number of carboxylic acids is 1. The average Bonchev–Trinajstić information content (AvgIpc) is 2.77. The van der Waals surface area contributed by atoms with Crippen molar-refractivity contribution in [3.8, 4) is 11.8 Å². The lowest BCUT2D eigenvalue weighted by atomic mass is 10.2. The quantitative estimate of drug-likeness (QED) is 0.763. The van der Waals surface area contributed by atoms with Gasteiger partial charge < -0.3 is 10.8 Å². The molecule has 0 bridgehead atoms. The van der Waals surface area contributed by atoms with E-state index < -0.39 is 11.9 Å². The highest BCUT2D eigenvalue weighted by molar-refractivity contribution is 5.93.